The molecule has 1 saturated carbocycles. The summed E-state index contributed by atoms with van der Waals surface area (Å²) in [7, 11) is 0. The molecule has 5 nitrogen and oxygen atoms in total. The minimum atomic E-state index is 0.0565. The van der Waals surface area contributed by atoms with Crippen LogP contribution in [-0.4, -0.2) is 21.7 Å². The number of hydrogen-bond donors (Lipinski definition) is 2. The summed E-state index contributed by atoms with van der Waals surface area (Å²) >= 11 is 0. The summed E-state index contributed by atoms with van der Waals surface area (Å²) < 4.78 is 1.76. The minimum absolute atomic E-state index is 0.0565. The molecule has 1 aromatic rings. The van der Waals surface area contributed by atoms with Gasteiger partial charge in [0, 0.05) is 23.8 Å². The van der Waals surface area contributed by atoms with Gasteiger partial charge in [0.15, 0.2) is 0 Å². The van der Waals surface area contributed by atoms with Crippen LogP contribution in [0.15, 0.2) is 0 Å². The van der Waals surface area contributed by atoms with E-state index in [2.05, 4.69) is 10.4 Å². The minimum Gasteiger partial charge on any atom is -0.352 e. The first kappa shape index (κ1) is 14.1. The van der Waals surface area contributed by atoms with Gasteiger partial charge < -0.3 is 11.1 Å². The summed E-state index contributed by atoms with van der Waals surface area (Å²) in [6.07, 6.45) is 5.96. The summed E-state index contributed by atoms with van der Waals surface area (Å²) in [5, 5.41) is 7.50. The van der Waals surface area contributed by atoms with Gasteiger partial charge in [0.25, 0.3) is 0 Å². The molecule has 0 bridgehead atoms. The van der Waals surface area contributed by atoms with Crippen molar-refractivity contribution in [2.45, 2.75) is 65.1 Å². The molecule has 1 aliphatic rings. The first-order valence-corrected chi connectivity index (χ1v) is 7.14. The van der Waals surface area contributed by atoms with E-state index in [-0.39, 0.29) is 5.91 Å². The van der Waals surface area contributed by atoms with Crippen molar-refractivity contribution in [2.75, 3.05) is 0 Å². The summed E-state index contributed by atoms with van der Waals surface area (Å²) in [6.45, 7) is 4.67. The van der Waals surface area contributed by atoms with E-state index in [9.17, 15) is 4.79 Å². The van der Waals surface area contributed by atoms with Crippen LogP contribution in [0.5, 0.6) is 0 Å². The third-order valence-electron chi connectivity index (χ3n) is 4.00. The Labute approximate surface area is 114 Å². The summed E-state index contributed by atoms with van der Waals surface area (Å²) in [6, 6.07) is 0.354. The summed E-state index contributed by atoms with van der Waals surface area (Å²) in [4.78, 5) is 12.0. The molecule has 0 atom stereocenters. The number of aryl methyl sites for hydroxylation is 1. The van der Waals surface area contributed by atoms with Gasteiger partial charge in [-0.25, -0.2) is 0 Å². The fraction of sp³-hybridized carbons (Fsp3) is 0.714. The Balaban J connectivity index is 1.94. The second kappa shape index (κ2) is 6.19. The molecule has 2 rings (SSSR count). The molecule has 19 heavy (non-hydrogen) atoms. The molecule has 1 aliphatic carbocycles. The predicted octanol–water partition coefficient (Wildman–Crippen LogP) is 1.41. The SMILES string of the molecule is Cc1nn(CC(=O)NC2CCCCC2)c(C)c1CN. The Kier molecular flexibility index (Phi) is 4.58. The van der Waals surface area contributed by atoms with Gasteiger partial charge >= 0.3 is 0 Å². The van der Waals surface area contributed by atoms with Crippen molar-refractivity contribution in [3.05, 3.63) is 17.0 Å². The van der Waals surface area contributed by atoms with Gasteiger partial charge in [-0.15, -0.1) is 0 Å². The Hall–Kier alpha value is -1.36. The second-order valence-electron chi connectivity index (χ2n) is 5.41. The number of nitrogens with zero attached hydrogens (tertiary/aromatic N) is 2. The van der Waals surface area contributed by atoms with E-state index in [4.69, 9.17) is 5.73 Å². The lowest BCUT2D eigenvalue weighted by atomic mass is 9.95. The molecule has 0 radical (unpaired) electrons. The number of aromatic nitrogens is 2. The second-order valence-corrected chi connectivity index (χ2v) is 5.41. The van der Waals surface area contributed by atoms with Crippen molar-refractivity contribution >= 4 is 5.91 Å². The van der Waals surface area contributed by atoms with Crippen LogP contribution in [-0.2, 0) is 17.9 Å². The zero-order valence-corrected chi connectivity index (χ0v) is 11.9. The number of carbonyl (C=O) groups is 1. The van der Waals surface area contributed by atoms with Crippen LogP contribution in [0.1, 0.15) is 49.1 Å². The van der Waals surface area contributed by atoms with Crippen LogP contribution in [0.2, 0.25) is 0 Å². The van der Waals surface area contributed by atoms with Crippen LogP contribution >= 0.6 is 0 Å². The van der Waals surface area contributed by atoms with Gasteiger partial charge in [-0.1, -0.05) is 19.3 Å². The van der Waals surface area contributed by atoms with E-state index in [1.165, 1.54) is 19.3 Å². The Morgan fingerprint density at radius 2 is 2.05 bits per heavy atom. The Morgan fingerprint density at radius 1 is 1.37 bits per heavy atom. The summed E-state index contributed by atoms with van der Waals surface area (Å²) in [5.74, 6) is 0.0565. The van der Waals surface area contributed by atoms with E-state index < -0.39 is 0 Å². The molecular weight excluding hydrogens is 240 g/mol. The zero-order valence-electron chi connectivity index (χ0n) is 11.9. The van der Waals surface area contributed by atoms with Crippen LogP contribution in [0, 0.1) is 13.8 Å². The highest BCUT2D eigenvalue weighted by molar-refractivity contribution is 5.76. The molecule has 1 amide bonds. The lowest BCUT2D eigenvalue weighted by Gasteiger charge is -2.22. The highest BCUT2D eigenvalue weighted by atomic mass is 16.2. The molecule has 1 aromatic heterocycles. The topological polar surface area (TPSA) is 72.9 Å². The van der Waals surface area contributed by atoms with E-state index >= 15 is 0 Å². The smallest absolute Gasteiger partial charge is 0.241 e. The van der Waals surface area contributed by atoms with E-state index in [1.807, 2.05) is 13.8 Å². The lowest BCUT2D eigenvalue weighted by molar-refractivity contribution is -0.122. The van der Waals surface area contributed by atoms with Gasteiger partial charge in [-0.3, -0.25) is 9.48 Å². The van der Waals surface area contributed by atoms with Gasteiger partial charge in [0.2, 0.25) is 5.91 Å². The fourth-order valence-electron chi connectivity index (χ4n) is 2.84. The average Bonchev–Trinajstić information content (AvgIpc) is 2.65. The van der Waals surface area contributed by atoms with Gasteiger partial charge in [0.05, 0.1) is 5.69 Å². The molecular formula is C14H24N4O. The van der Waals surface area contributed by atoms with Gasteiger partial charge in [0.1, 0.15) is 6.54 Å². The quantitative estimate of drug-likeness (QED) is 0.863. The molecule has 0 aliphatic heterocycles. The molecule has 1 heterocycles. The van der Waals surface area contributed by atoms with Gasteiger partial charge in [-0.05, 0) is 26.7 Å². The molecule has 0 aromatic carbocycles. The van der Waals surface area contributed by atoms with Gasteiger partial charge in [-0.2, -0.15) is 5.10 Å². The Morgan fingerprint density at radius 3 is 2.63 bits per heavy atom. The fourth-order valence-corrected chi connectivity index (χ4v) is 2.84. The third-order valence-corrected chi connectivity index (χ3v) is 4.00. The molecule has 106 valence electrons. The summed E-state index contributed by atoms with van der Waals surface area (Å²) in [5.41, 5.74) is 8.66. The van der Waals surface area contributed by atoms with Crippen molar-refractivity contribution in [1.82, 2.24) is 15.1 Å². The number of nitrogens with two attached hydrogens (primary N) is 1. The first-order valence-electron chi connectivity index (χ1n) is 7.14. The van der Waals surface area contributed by atoms with E-state index in [0.717, 1.165) is 29.8 Å². The molecule has 3 N–H and O–H groups in total. The highest BCUT2D eigenvalue weighted by Crippen LogP contribution is 2.17. The van der Waals surface area contributed by atoms with E-state index in [1.54, 1.807) is 4.68 Å². The van der Waals surface area contributed by atoms with Crippen molar-refractivity contribution in [1.29, 1.82) is 0 Å². The number of carbonyl (C=O) groups excluding carboxylic acids is 1. The first-order chi connectivity index (χ1) is 9.11. The maximum absolute atomic E-state index is 12.0. The number of hydrogen-bond acceptors (Lipinski definition) is 3. The van der Waals surface area contributed by atoms with Crippen LogP contribution in [0.4, 0.5) is 0 Å². The monoisotopic (exact) mass is 264 g/mol. The maximum atomic E-state index is 12.0. The van der Waals surface area contributed by atoms with Crippen molar-refractivity contribution in [3.63, 3.8) is 0 Å². The third kappa shape index (κ3) is 3.35. The number of rotatable bonds is 4. The van der Waals surface area contributed by atoms with E-state index in [0.29, 0.717) is 19.1 Å². The zero-order chi connectivity index (χ0) is 13.8. The molecule has 0 saturated heterocycles. The standard InChI is InChI=1S/C14H24N4O/c1-10-13(8-15)11(2)18(17-10)9-14(19)16-12-6-4-3-5-7-12/h12H,3-9,15H2,1-2H3,(H,16,19). The van der Waals surface area contributed by atoms with Crippen LogP contribution in [0.25, 0.3) is 0 Å². The molecule has 5 heteroatoms. The lowest BCUT2D eigenvalue weighted by Crippen LogP contribution is -2.38. The number of nitrogens with one attached hydrogen (secondary N) is 1. The highest BCUT2D eigenvalue weighted by Gasteiger charge is 2.17. The van der Waals surface area contributed by atoms with Crippen molar-refractivity contribution in [3.8, 4) is 0 Å². The van der Waals surface area contributed by atoms with Crippen LogP contribution in [0.3, 0.4) is 0 Å². The van der Waals surface area contributed by atoms with Crippen LogP contribution < -0.4 is 11.1 Å². The molecule has 1 fully saturated rings. The maximum Gasteiger partial charge on any atom is 0.241 e. The predicted molar refractivity (Wildman–Crippen MR) is 74.6 cm³/mol. The Bertz CT molecular complexity index is 447. The van der Waals surface area contributed by atoms with Crippen molar-refractivity contribution < 1.29 is 4.79 Å². The largest absolute Gasteiger partial charge is 0.352 e. The normalized spacial score (nSPS) is 16.6. The number of amides is 1. The molecule has 0 unspecified atom stereocenters. The van der Waals surface area contributed by atoms with Crippen molar-refractivity contribution in [2.24, 2.45) is 5.73 Å². The molecule has 0 spiro atoms. The average molecular weight is 264 g/mol.